The van der Waals surface area contributed by atoms with Crippen LogP contribution in [0.25, 0.3) is 0 Å². The summed E-state index contributed by atoms with van der Waals surface area (Å²) in [5, 5.41) is 3.01. The summed E-state index contributed by atoms with van der Waals surface area (Å²) in [7, 11) is -2.25. The average molecular weight is 375 g/mol. The van der Waals surface area contributed by atoms with Crippen LogP contribution >= 0.6 is 0 Å². The summed E-state index contributed by atoms with van der Waals surface area (Å²) in [6.45, 7) is 10.7. The number of amides is 1. The van der Waals surface area contributed by atoms with Crippen molar-refractivity contribution in [3.8, 4) is 0 Å². The number of carbonyl (C=O) groups excluding carboxylic acids is 1. The smallest absolute Gasteiger partial charge is 0.410 e. The van der Waals surface area contributed by atoms with Gasteiger partial charge in [0.05, 0.1) is 6.54 Å². The predicted octanol–water partition coefficient (Wildman–Crippen LogP) is 1.92. The lowest BCUT2D eigenvalue weighted by Crippen LogP contribution is -2.44. The lowest BCUT2D eigenvalue weighted by atomic mass is 10.2. The standard InChI is InChI=1S/C16H29N3O5S/c1-12(2)19(15(20)24-16(3,4)5)10-9-18-11-13-7-8-14(23-13)25(21,22)17-6/h7-8,12,17-18H,9-11H2,1-6H3. The summed E-state index contributed by atoms with van der Waals surface area (Å²) in [4.78, 5) is 13.8. The normalized spacial score (nSPS) is 12.4. The number of carbonyl (C=O) groups is 1. The van der Waals surface area contributed by atoms with Gasteiger partial charge in [0, 0.05) is 19.1 Å². The second-order valence-corrected chi connectivity index (χ2v) is 8.69. The monoisotopic (exact) mass is 375 g/mol. The molecule has 0 fully saturated rings. The van der Waals surface area contributed by atoms with Crippen molar-refractivity contribution in [1.82, 2.24) is 14.9 Å². The molecule has 2 N–H and O–H groups in total. The molecule has 0 aromatic carbocycles. The second kappa shape index (κ2) is 8.68. The van der Waals surface area contributed by atoms with E-state index in [2.05, 4.69) is 10.0 Å². The van der Waals surface area contributed by atoms with E-state index < -0.39 is 15.6 Å². The number of furan rings is 1. The van der Waals surface area contributed by atoms with Crippen LogP contribution in [-0.4, -0.2) is 51.2 Å². The van der Waals surface area contributed by atoms with Crippen molar-refractivity contribution in [2.24, 2.45) is 0 Å². The van der Waals surface area contributed by atoms with Crippen molar-refractivity contribution in [2.45, 2.75) is 57.9 Å². The number of ether oxygens (including phenoxy) is 1. The zero-order valence-electron chi connectivity index (χ0n) is 15.8. The predicted molar refractivity (Wildman–Crippen MR) is 94.7 cm³/mol. The van der Waals surface area contributed by atoms with Gasteiger partial charge in [-0.25, -0.2) is 17.9 Å². The van der Waals surface area contributed by atoms with Gasteiger partial charge in [0.2, 0.25) is 5.09 Å². The summed E-state index contributed by atoms with van der Waals surface area (Å²) in [6.07, 6.45) is -0.357. The summed E-state index contributed by atoms with van der Waals surface area (Å²) in [5.74, 6) is 0.502. The number of rotatable bonds is 8. The van der Waals surface area contributed by atoms with Gasteiger partial charge in [0.1, 0.15) is 11.4 Å². The molecule has 25 heavy (non-hydrogen) atoms. The molecule has 0 radical (unpaired) electrons. The number of sulfonamides is 1. The fourth-order valence-corrected chi connectivity index (χ4v) is 2.66. The van der Waals surface area contributed by atoms with E-state index in [1.165, 1.54) is 13.1 Å². The molecule has 0 atom stereocenters. The minimum Gasteiger partial charge on any atom is -0.447 e. The molecule has 0 unspecified atom stereocenters. The largest absolute Gasteiger partial charge is 0.447 e. The molecule has 0 aliphatic rings. The van der Waals surface area contributed by atoms with Gasteiger partial charge < -0.3 is 19.4 Å². The maximum absolute atomic E-state index is 12.2. The van der Waals surface area contributed by atoms with E-state index >= 15 is 0 Å². The molecule has 1 aromatic heterocycles. The molecule has 0 bridgehead atoms. The van der Waals surface area contributed by atoms with Crippen LogP contribution in [0.1, 0.15) is 40.4 Å². The SMILES string of the molecule is CNS(=O)(=O)c1ccc(CNCCN(C(=O)OC(C)(C)C)C(C)C)o1. The quantitative estimate of drug-likeness (QED) is 0.673. The van der Waals surface area contributed by atoms with E-state index in [-0.39, 0.29) is 17.2 Å². The molecule has 1 heterocycles. The molecule has 1 amide bonds. The first-order valence-corrected chi connectivity index (χ1v) is 9.67. The first-order chi connectivity index (χ1) is 11.5. The second-order valence-electron chi connectivity index (χ2n) is 6.87. The maximum atomic E-state index is 12.2. The summed E-state index contributed by atoms with van der Waals surface area (Å²) in [6, 6.07) is 3.02. The first-order valence-electron chi connectivity index (χ1n) is 8.19. The molecule has 0 spiro atoms. The average Bonchev–Trinajstić information content (AvgIpc) is 2.94. The van der Waals surface area contributed by atoms with Crippen LogP contribution < -0.4 is 10.0 Å². The Labute approximate surface area is 150 Å². The van der Waals surface area contributed by atoms with Gasteiger partial charge in [-0.2, -0.15) is 0 Å². The van der Waals surface area contributed by atoms with E-state index in [0.717, 1.165) is 0 Å². The Bertz CT molecular complexity index is 662. The lowest BCUT2D eigenvalue weighted by Gasteiger charge is -2.30. The Hall–Kier alpha value is -1.58. The van der Waals surface area contributed by atoms with Crippen molar-refractivity contribution < 1.29 is 22.4 Å². The zero-order chi connectivity index (χ0) is 19.3. The third kappa shape index (κ3) is 7.05. The third-order valence-corrected chi connectivity index (χ3v) is 4.54. The molecule has 0 saturated heterocycles. The highest BCUT2D eigenvalue weighted by molar-refractivity contribution is 7.89. The summed E-state index contributed by atoms with van der Waals surface area (Å²) >= 11 is 0. The van der Waals surface area contributed by atoms with Crippen molar-refractivity contribution >= 4 is 16.1 Å². The zero-order valence-corrected chi connectivity index (χ0v) is 16.6. The van der Waals surface area contributed by atoms with E-state index in [0.29, 0.717) is 25.4 Å². The fourth-order valence-electron chi connectivity index (χ4n) is 1.99. The minimum absolute atomic E-state index is 0.00707. The first kappa shape index (κ1) is 21.5. The highest BCUT2D eigenvalue weighted by Crippen LogP contribution is 2.14. The molecular formula is C16H29N3O5S. The maximum Gasteiger partial charge on any atom is 0.410 e. The molecule has 144 valence electrons. The third-order valence-electron chi connectivity index (χ3n) is 3.25. The van der Waals surface area contributed by atoms with Gasteiger partial charge in [-0.3, -0.25) is 0 Å². The molecule has 0 saturated carbocycles. The number of nitrogens with one attached hydrogen (secondary N) is 2. The van der Waals surface area contributed by atoms with Crippen molar-refractivity contribution in [1.29, 1.82) is 0 Å². The number of nitrogens with zero attached hydrogens (tertiary/aromatic N) is 1. The molecule has 1 rings (SSSR count). The Morgan fingerprint density at radius 1 is 1.32 bits per heavy atom. The van der Waals surface area contributed by atoms with Crippen LogP contribution in [0.2, 0.25) is 0 Å². The Balaban J connectivity index is 2.51. The topological polar surface area (TPSA) is 101 Å². The van der Waals surface area contributed by atoms with Gasteiger partial charge in [0.15, 0.2) is 0 Å². The van der Waals surface area contributed by atoms with Gasteiger partial charge in [0.25, 0.3) is 10.0 Å². The van der Waals surface area contributed by atoms with Gasteiger partial charge >= 0.3 is 6.09 Å². The van der Waals surface area contributed by atoms with E-state index in [1.807, 2.05) is 34.6 Å². The molecule has 8 nitrogen and oxygen atoms in total. The summed E-state index contributed by atoms with van der Waals surface area (Å²) in [5.41, 5.74) is -0.541. The van der Waals surface area contributed by atoms with Gasteiger partial charge in [-0.15, -0.1) is 0 Å². The van der Waals surface area contributed by atoms with Crippen molar-refractivity contribution in [2.75, 3.05) is 20.1 Å². The molecule has 0 aliphatic heterocycles. The Morgan fingerprint density at radius 3 is 2.48 bits per heavy atom. The van der Waals surface area contributed by atoms with E-state index in [4.69, 9.17) is 9.15 Å². The molecule has 9 heteroatoms. The van der Waals surface area contributed by atoms with Crippen LogP contribution in [0.4, 0.5) is 4.79 Å². The lowest BCUT2D eigenvalue weighted by molar-refractivity contribution is 0.0193. The minimum atomic E-state index is -3.58. The van der Waals surface area contributed by atoms with Gasteiger partial charge in [-0.1, -0.05) is 0 Å². The number of hydrogen-bond acceptors (Lipinski definition) is 6. The van der Waals surface area contributed by atoms with Crippen LogP contribution in [0.15, 0.2) is 21.6 Å². The molecule has 1 aromatic rings. The van der Waals surface area contributed by atoms with Crippen LogP contribution in [0.5, 0.6) is 0 Å². The Morgan fingerprint density at radius 2 is 1.96 bits per heavy atom. The van der Waals surface area contributed by atoms with Crippen LogP contribution in [0, 0.1) is 0 Å². The van der Waals surface area contributed by atoms with Crippen LogP contribution in [-0.2, 0) is 21.3 Å². The molecular weight excluding hydrogens is 346 g/mol. The van der Waals surface area contributed by atoms with Gasteiger partial charge in [-0.05, 0) is 53.8 Å². The fraction of sp³-hybridized carbons (Fsp3) is 0.688. The summed E-state index contributed by atoms with van der Waals surface area (Å²) < 4.78 is 36.1. The van der Waals surface area contributed by atoms with Crippen molar-refractivity contribution in [3.05, 3.63) is 17.9 Å². The highest BCUT2D eigenvalue weighted by atomic mass is 32.2. The Kier molecular flexibility index (Phi) is 7.45. The highest BCUT2D eigenvalue weighted by Gasteiger charge is 2.23. The van der Waals surface area contributed by atoms with E-state index in [9.17, 15) is 13.2 Å². The molecule has 0 aliphatic carbocycles. The van der Waals surface area contributed by atoms with Crippen molar-refractivity contribution in [3.63, 3.8) is 0 Å². The van der Waals surface area contributed by atoms with E-state index in [1.54, 1.807) is 11.0 Å². The number of hydrogen-bond donors (Lipinski definition) is 2. The van der Waals surface area contributed by atoms with Crippen LogP contribution in [0.3, 0.4) is 0 Å².